The van der Waals surface area contributed by atoms with E-state index in [1.807, 2.05) is 0 Å². The molecule has 1 amide bonds. The van der Waals surface area contributed by atoms with Gasteiger partial charge in [-0.05, 0) is 33.3 Å². The van der Waals surface area contributed by atoms with Crippen molar-refractivity contribution in [3.8, 4) is 11.5 Å². The molecule has 9 atom stereocenters. The van der Waals surface area contributed by atoms with Crippen LogP contribution in [-0.4, -0.2) is 87.5 Å². The lowest BCUT2D eigenvalue weighted by molar-refractivity contribution is -0.164. The average Bonchev–Trinajstić information content (AvgIpc) is 3.13. The number of ether oxygens (including phenoxy) is 4. The van der Waals surface area contributed by atoms with Crippen LogP contribution in [0.4, 0.5) is 5.69 Å². The van der Waals surface area contributed by atoms with Gasteiger partial charge >= 0.3 is 11.9 Å². The summed E-state index contributed by atoms with van der Waals surface area (Å²) in [4.78, 5) is 53.0. The van der Waals surface area contributed by atoms with Crippen molar-refractivity contribution >= 4 is 34.9 Å². The average molecular weight is 754 g/mol. The topological polar surface area (TPSA) is 218 Å². The number of carbonyl (C=O) groups excluding carboxylic acids is 4. The monoisotopic (exact) mass is 753 g/mol. The first-order valence-electron chi connectivity index (χ1n) is 17.8. The van der Waals surface area contributed by atoms with Crippen LogP contribution in [0.5, 0.6) is 11.5 Å². The Hall–Kier alpha value is -4.76. The molecule has 4 aliphatic rings. The number of phenols is 1. The number of fused-ring (bicyclic) bond motifs is 14. The first-order chi connectivity index (χ1) is 25.3. The smallest absolute Gasteiger partial charge is 0.313 e. The molecule has 3 heterocycles. The van der Waals surface area contributed by atoms with Crippen molar-refractivity contribution in [2.75, 3.05) is 19.2 Å². The van der Waals surface area contributed by atoms with Crippen molar-refractivity contribution in [1.29, 1.82) is 0 Å². The fraction of sp³-hybridized carbons (Fsp3) is 0.500. The van der Waals surface area contributed by atoms with Crippen LogP contribution in [0.3, 0.4) is 0 Å². The van der Waals surface area contributed by atoms with Gasteiger partial charge in [0.25, 0.3) is 5.91 Å². The molecule has 0 fully saturated rings. The van der Waals surface area contributed by atoms with E-state index in [1.54, 1.807) is 32.9 Å². The van der Waals surface area contributed by atoms with Crippen molar-refractivity contribution in [1.82, 2.24) is 0 Å². The lowest BCUT2D eigenvalue weighted by atomic mass is 9.76. The third-order valence-corrected chi connectivity index (χ3v) is 10.6. The minimum Gasteiger partial charge on any atom is -0.505 e. The number of aliphatic hydroxyl groups excluding tert-OH is 4. The number of amides is 1. The number of phenolic OH excluding ortho intramolecular Hbond substituents is 1. The summed E-state index contributed by atoms with van der Waals surface area (Å²) in [5.41, 5.74) is 0.550. The first-order valence-corrected chi connectivity index (χ1v) is 17.8. The number of hydrogen-bond donors (Lipinski definition) is 6. The number of ketones is 1. The minimum absolute atomic E-state index is 0.00611. The molecule has 294 valence electrons. The maximum absolute atomic E-state index is 14.0. The van der Waals surface area contributed by atoms with Gasteiger partial charge in [-0.3, -0.25) is 19.2 Å². The number of carbonyl (C=O) groups is 4. The number of aliphatic hydroxyl groups is 4. The van der Waals surface area contributed by atoms with Crippen molar-refractivity contribution < 1.29 is 63.7 Å². The molecule has 6 N–H and O–H groups in total. The Labute approximate surface area is 314 Å². The van der Waals surface area contributed by atoms with Crippen LogP contribution >= 0.6 is 0 Å². The molecule has 0 spiro atoms. The van der Waals surface area contributed by atoms with Crippen molar-refractivity contribution in [3.05, 3.63) is 69.2 Å². The predicted octanol–water partition coefficient (Wildman–Crippen LogP) is 3.99. The number of rotatable bonds is 2. The largest absolute Gasteiger partial charge is 0.505 e. The van der Waals surface area contributed by atoms with Gasteiger partial charge in [-0.2, -0.15) is 0 Å². The number of aromatic hydroxyl groups is 1. The zero-order chi connectivity index (χ0) is 40.5. The van der Waals surface area contributed by atoms with Gasteiger partial charge in [-0.15, -0.1) is 0 Å². The lowest BCUT2D eigenvalue weighted by Gasteiger charge is -2.37. The molecule has 1 aromatic rings. The van der Waals surface area contributed by atoms with E-state index in [9.17, 15) is 44.7 Å². The third-order valence-electron chi connectivity index (χ3n) is 10.6. The maximum atomic E-state index is 14.0. The number of hydrogen-bond acceptors (Lipinski definition) is 13. The molecule has 14 nitrogen and oxygen atoms in total. The fourth-order valence-corrected chi connectivity index (χ4v) is 7.22. The van der Waals surface area contributed by atoms with Gasteiger partial charge in [0.1, 0.15) is 23.2 Å². The molecule has 9 unspecified atom stereocenters. The number of nitrogens with one attached hydrogen (secondary N) is 1. The van der Waals surface area contributed by atoms with Gasteiger partial charge in [-0.25, -0.2) is 0 Å². The summed E-state index contributed by atoms with van der Waals surface area (Å²) >= 11 is 0. The van der Waals surface area contributed by atoms with Crippen LogP contribution in [0.15, 0.2) is 52.5 Å². The fourth-order valence-electron chi connectivity index (χ4n) is 7.22. The van der Waals surface area contributed by atoms with E-state index < -0.39 is 83.4 Å². The molecule has 5 rings (SSSR count). The Morgan fingerprint density at radius 2 is 1.41 bits per heavy atom. The van der Waals surface area contributed by atoms with E-state index in [1.165, 1.54) is 46.8 Å². The highest BCUT2D eigenvalue weighted by Crippen LogP contribution is 2.53. The van der Waals surface area contributed by atoms with Gasteiger partial charge in [0.15, 0.2) is 11.5 Å². The number of allylic oxidation sites excluding steroid dienone is 5. The van der Waals surface area contributed by atoms with Crippen LogP contribution in [0.25, 0.3) is 5.57 Å². The summed E-state index contributed by atoms with van der Waals surface area (Å²) in [6, 6.07) is 0. The second kappa shape index (κ2) is 16.7. The van der Waals surface area contributed by atoms with Crippen molar-refractivity contribution in [2.24, 2.45) is 29.6 Å². The minimum atomic E-state index is -1.62. The summed E-state index contributed by atoms with van der Waals surface area (Å²) in [7, 11) is 1.11. The molecule has 0 saturated heterocycles. The standard InChI is InChI=1S/C40H51NO13/c1-16-12-11-13-17(2)39(49)41-29-20(5)38(54-24(9)42)25-26(35(29)48)34(47)23(8)37-27(25)36(52-15-53-37)19(4)14-18(3)31(44)22(7)33(46)28(40(50)51-10)32(45)21(6)30(16)43/h11-14,16,18,21-22,28,30-33,43-46,48H,15H2,1-10H3,(H,41,49)/b12-11?,17-13+,19-14?. The number of Topliss-reactive ketones (excluding diaryl/α,β-unsaturated/α-hetero) is 1. The molecule has 0 aromatic heterocycles. The van der Waals surface area contributed by atoms with Gasteiger partial charge in [0.2, 0.25) is 6.79 Å². The number of methoxy groups -OCH3 is 1. The maximum Gasteiger partial charge on any atom is 0.313 e. The predicted molar refractivity (Wildman–Crippen MR) is 197 cm³/mol. The van der Waals surface area contributed by atoms with E-state index in [2.05, 4.69) is 5.32 Å². The van der Waals surface area contributed by atoms with Crippen LogP contribution in [0.1, 0.15) is 76.9 Å². The first kappa shape index (κ1) is 42.0. The molecule has 1 aromatic carbocycles. The van der Waals surface area contributed by atoms with Crippen LogP contribution in [0.2, 0.25) is 0 Å². The molecular weight excluding hydrogens is 702 g/mol. The summed E-state index contributed by atoms with van der Waals surface area (Å²) in [5, 5.41) is 60.0. The van der Waals surface area contributed by atoms with Crippen molar-refractivity contribution in [3.63, 3.8) is 0 Å². The van der Waals surface area contributed by atoms with Crippen LogP contribution < -0.4 is 10.1 Å². The second-order valence-electron chi connectivity index (χ2n) is 14.4. The molecule has 0 saturated carbocycles. The van der Waals surface area contributed by atoms with E-state index in [4.69, 9.17) is 18.9 Å². The Morgan fingerprint density at radius 1 is 0.833 bits per heavy atom. The molecule has 4 bridgehead atoms. The Balaban J connectivity index is 2.03. The van der Waals surface area contributed by atoms with Crippen molar-refractivity contribution in [2.45, 2.75) is 86.7 Å². The summed E-state index contributed by atoms with van der Waals surface area (Å²) in [6.07, 6.45) is 0.456. The van der Waals surface area contributed by atoms with E-state index in [-0.39, 0.29) is 63.2 Å². The van der Waals surface area contributed by atoms with Crippen LogP contribution in [-0.2, 0) is 28.6 Å². The summed E-state index contributed by atoms with van der Waals surface area (Å²) < 4.78 is 22.5. The van der Waals surface area contributed by atoms with E-state index in [0.717, 1.165) is 14.0 Å². The van der Waals surface area contributed by atoms with Gasteiger partial charge < -0.3 is 49.8 Å². The Kier molecular flexibility index (Phi) is 13.0. The van der Waals surface area contributed by atoms with Gasteiger partial charge in [0, 0.05) is 52.9 Å². The zero-order valence-corrected chi connectivity index (χ0v) is 32.2. The molecular formula is C40H51NO13. The van der Waals surface area contributed by atoms with Crippen LogP contribution in [0, 0.1) is 36.5 Å². The summed E-state index contributed by atoms with van der Waals surface area (Å²) in [5.74, 6) is -8.30. The third kappa shape index (κ3) is 7.88. The van der Waals surface area contributed by atoms with E-state index >= 15 is 0 Å². The zero-order valence-electron chi connectivity index (χ0n) is 32.2. The molecule has 3 aliphatic heterocycles. The lowest BCUT2D eigenvalue weighted by Crippen LogP contribution is -2.50. The Bertz CT molecular complexity index is 1870. The molecule has 14 heteroatoms. The Morgan fingerprint density at radius 3 is 1.98 bits per heavy atom. The van der Waals surface area contributed by atoms with E-state index in [0.29, 0.717) is 5.57 Å². The molecule has 54 heavy (non-hydrogen) atoms. The molecule has 1 aliphatic carbocycles. The second-order valence-corrected chi connectivity index (χ2v) is 14.4. The van der Waals surface area contributed by atoms with Gasteiger partial charge in [-0.1, -0.05) is 52.0 Å². The normalized spacial score (nSPS) is 30.7. The highest BCUT2D eigenvalue weighted by Gasteiger charge is 2.45. The number of anilines is 1. The number of benzene rings is 1. The summed E-state index contributed by atoms with van der Waals surface area (Å²) in [6.45, 7) is 13.4. The highest BCUT2D eigenvalue weighted by molar-refractivity contribution is 6.21. The highest BCUT2D eigenvalue weighted by atomic mass is 16.7. The van der Waals surface area contributed by atoms with Gasteiger partial charge in [0.05, 0.1) is 48.3 Å². The quantitative estimate of drug-likeness (QED) is 0.143. The molecule has 0 radical (unpaired) electrons. The number of esters is 2. The SMILES string of the molecule is COC(=O)C1C(O)C(C)C(O)C(C)C=C/C=C(\C)C(=O)Nc2c(C)c(OC(C)=O)c3c(c2O)C(=O)C(C)=C2OCOC(=C23)C(C)=CC(C)C(O)C(C)C1O.